The zero-order valence-corrected chi connectivity index (χ0v) is 12.4. The van der Waals surface area contributed by atoms with Crippen LogP contribution in [0.1, 0.15) is 51.4 Å². The zero-order valence-electron chi connectivity index (χ0n) is 12.4. The van der Waals surface area contributed by atoms with Crippen molar-refractivity contribution in [3.05, 3.63) is 0 Å². The number of carboxylic acid groups (broad SMARTS) is 1. The molecule has 1 atom stereocenters. The summed E-state index contributed by atoms with van der Waals surface area (Å²) in [6, 6.07) is -0.703. The van der Waals surface area contributed by atoms with E-state index in [4.69, 9.17) is 5.11 Å². The number of likely N-dealkylation sites (tertiary alicyclic amines) is 2. The molecule has 0 aromatic rings. The molecule has 2 aliphatic rings. The van der Waals surface area contributed by atoms with Crippen LogP contribution in [0.5, 0.6) is 0 Å². The highest BCUT2D eigenvalue weighted by molar-refractivity contribution is 5.87. The van der Waals surface area contributed by atoms with Crippen LogP contribution in [0.3, 0.4) is 0 Å². The molecule has 118 valence electrons. The third-order valence-electron chi connectivity index (χ3n) is 4.37. The monoisotopic (exact) mass is 296 g/mol. The summed E-state index contributed by atoms with van der Waals surface area (Å²) in [5.74, 6) is -1.13. The van der Waals surface area contributed by atoms with Crippen molar-refractivity contribution in [2.75, 3.05) is 19.6 Å². The fraction of sp³-hybridized carbons (Fsp3) is 0.800. The van der Waals surface area contributed by atoms with E-state index in [0.717, 1.165) is 45.2 Å². The van der Waals surface area contributed by atoms with Gasteiger partial charge in [0, 0.05) is 32.5 Å². The first-order valence-electron chi connectivity index (χ1n) is 7.89. The van der Waals surface area contributed by atoms with Gasteiger partial charge in [0.15, 0.2) is 0 Å². The van der Waals surface area contributed by atoms with E-state index in [9.17, 15) is 14.4 Å². The second kappa shape index (κ2) is 7.43. The van der Waals surface area contributed by atoms with Crippen molar-refractivity contribution in [2.45, 2.75) is 57.4 Å². The summed E-state index contributed by atoms with van der Waals surface area (Å²) in [5, 5.41) is 9.08. The molecule has 2 heterocycles. The molecule has 2 fully saturated rings. The molecule has 2 amide bonds. The molecule has 0 unspecified atom stereocenters. The van der Waals surface area contributed by atoms with E-state index in [1.807, 2.05) is 4.90 Å². The largest absolute Gasteiger partial charge is 0.480 e. The van der Waals surface area contributed by atoms with E-state index in [1.54, 1.807) is 0 Å². The van der Waals surface area contributed by atoms with E-state index in [1.165, 1.54) is 4.90 Å². The number of rotatable bonds is 4. The van der Waals surface area contributed by atoms with Gasteiger partial charge < -0.3 is 14.9 Å². The highest BCUT2D eigenvalue weighted by atomic mass is 16.4. The maximum Gasteiger partial charge on any atom is 0.326 e. The molecule has 1 N–H and O–H groups in total. The van der Waals surface area contributed by atoms with Crippen molar-refractivity contribution >= 4 is 17.8 Å². The van der Waals surface area contributed by atoms with Crippen molar-refractivity contribution < 1.29 is 19.5 Å². The maximum atomic E-state index is 12.1. The van der Waals surface area contributed by atoms with E-state index in [2.05, 4.69) is 0 Å². The number of amides is 2. The fourth-order valence-corrected chi connectivity index (χ4v) is 3.16. The average Bonchev–Trinajstić information content (AvgIpc) is 2.80. The number of carboxylic acids is 1. The summed E-state index contributed by atoms with van der Waals surface area (Å²) in [7, 11) is 0. The lowest BCUT2D eigenvalue weighted by atomic mass is 10.2. The predicted octanol–water partition coefficient (Wildman–Crippen LogP) is 1.24. The van der Waals surface area contributed by atoms with Gasteiger partial charge in [-0.1, -0.05) is 12.8 Å². The van der Waals surface area contributed by atoms with Gasteiger partial charge in [0.25, 0.3) is 0 Å². The van der Waals surface area contributed by atoms with Gasteiger partial charge in [-0.2, -0.15) is 0 Å². The molecule has 2 saturated heterocycles. The van der Waals surface area contributed by atoms with E-state index >= 15 is 0 Å². The molecule has 0 aliphatic carbocycles. The van der Waals surface area contributed by atoms with Gasteiger partial charge in [0.05, 0.1) is 0 Å². The molecule has 6 nitrogen and oxygen atoms in total. The number of carbonyl (C=O) groups excluding carboxylic acids is 2. The second-order valence-electron chi connectivity index (χ2n) is 5.88. The lowest BCUT2D eigenvalue weighted by molar-refractivity contribution is -0.148. The molecule has 2 aliphatic heterocycles. The third kappa shape index (κ3) is 4.19. The van der Waals surface area contributed by atoms with Gasteiger partial charge in [-0.05, 0) is 25.7 Å². The molecule has 0 aromatic carbocycles. The minimum Gasteiger partial charge on any atom is -0.480 e. The van der Waals surface area contributed by atoms with E-state index < -0.39 is 12.0 Å². The van der Waals surface area contributed by atoms with Gasteiger partial charge in [-0.15, -0.1) is 0 Å². The van der Waals surface area contributed by atoms with Gasteiger partial charge in [0.2, 0.25) is 11.8 Å². The van der Waals surface area contributed by atoms with Crippen LogP contribution in [-0.2, 0) is 14.4 Å². The van der Waals surface area contributed by atoms with Crippen LogP contribution >= 0.6 is 0 Å². The molecule has 0 bridgehead atoms. The third-order valence-corrected chi connectivity index (χ3v) is 4.37. The zero-order chi connectivity index (χ0) is 15.2. The molecule has 0 aromatic heterocycles. The minimum absolute atomic E-state index is 0.0244. The number of nitrogens with zero attached hydrogens (tertiary/aromatic N) is 2. The number of aliphatic carboxylic acids is 1. The smallest absolute Gasteiger partial charge is 0.326 e. The summed E-state index contributed by atoms with van der Waals surface area (Å²) in [5.41, 5.74) is 0. The SMILES string of the molecule is O=C(O)[C@@H]1CCCN1C(=O)CCC(=O)N1CCCCCC1. The Morgan fingerprint density at radius 1 is 0.857 bits per heavy atom. The molecular weight excluding hydrogens is 272 g/mol. The van der Waals surface area contributed by atoms with Gasteiger partial charge in [-0.25, -0.2) is 4.79 Å². The van der Waals surface area contributed by atoms with Crippen LogP contribution in [0, 0.1) is 0 Å². The summed E-state index contributed by atoms with van der Waals surface area (Å²) in [4.78, 5) is 38.6. The van der Waals surface area contributed by atoms with Crippen molar-refractivity contribution in [3.8, 4) is 0 Å². The Balaban J connectivity index is 1.80. The summed E-state index contributed by atoms with van der Waals surface area (Å²) in [6.45, 7) is 2.07. The Morgan fingerprint density at radius 2 is 1.48 bits per heavy atom. The Labute approximate surface area is 125 Å². The quantitative estimate of drug-likeness (QED) is 0.847. The number of hydrogen-bond acceptors (Lipinski definition) is 3. The van der Waals surface area contributed by atoms with E-state index in [-0.39, 0.29) is 24.7 Å². The maximum absolute atomic E-state index is 12.1. The molecule has 0 spiro atoms. The van der Waals surface area contributed by atoms with Crippen molar-refractivity contribution in [1.82, 2.24) is 9.80 Å². The highest BCUT2D eigenvalue weighted by Gasteiger charge is 2.33. The van der Waals surface area contributed by atoms with Gasteiger partial charge in [0.1, 0.15) is 6.04 Å². The molecule has 2 rings (SSSR count). The van der Waals surface area contributed by atoms with Gasteiger partial charge in [-0.3, -0.25) is 9.59 Å². The summed E-state index contributed by atoms with van der Waals surface area (Å²) >= 11 is 0. The van der Waals surface area contributed by atoms with E-state index in [0.29, 0.717) is 13.0 Å². The molecule has 0 saturated carbocycles. The van der Waals surface area contributed by atoms with Crippen molar-refractivity contribution in [2.24, 2.45) is 0 Å². The first kappa shape index (κ1) is 15.8. The Kier molecular flexibility index (Phi) is 5.59. The van der Waals surface area contributed by atoms with Crippen molar-refractivity contribution in [1.29, 1.82) is 0 Å². The normalized spacial score (nSPS) is 23.0. The first-order chi connectivity index (χ1) is 10.1. The van der Waals surface area contributed by atoms with Crippen LogP contribution in [0.15, 0.2) is 0 Å². The molecule has 6 heteroatoms. The second-order valence-corrected chi connectivity index (χ2v) is 5.88. The van der Waals surface area contributed by atoms with Gasteiger partial charge >= 0.3 is 5.97 Å². The fourth-order valence-electron chi connectivity index (χ4n) is 3.16. The Morgan fingerprint density at radius 3 is 2.10 bits per heavy atom. The van der Waals surface area contributed by atoms with Crippen LogP contribution in [0.4, 0.5) is 0 Å². The lowest BCUT2D eigenvalue weighted by Crippen LogP contribution is -2.41. The van der Waals surface area contributed by atoms with Crippen LogP contribution in [0.2, 0.25) is 0 Å². The summed E-state index contributed by atoms with van der Waals surface area (Å²) < 4.78 is 0. The topological polar surface area (TPSA) is 77.9 Å². The highest BCUT2D eigenvalue weighted by Crippen LogP contribution is 2.19. The summed E-state index contributed by atoms with van der Waals surface area (Å²) in [6.07, 6.45) is 5.96. The first-order valence-corrected chi connectivity index (χ1v) is 7.89. The lowest BCUT2D eigenvalue weighted by Gasteiger charge is -2.23. The van der Waals surface area contributed by atoms with Crippen molar-refractivity contribution in [3.63, 3.8) is 0 Å². The Hall–Kier alpha value is -1.59. The molecular formula is C15H24N2O4. The standard InChI is InChI=1S/C15H24N2O4/c18-13(16-9-3-1-2-4-10-16)7-8-14(19)17-11-5-6-12(17)15(20)21/h12H,1-11H2,(H,20,21)/t12-/m0/s1. The average molecular weight is 296 g/mol. The number of hydrogen-bond donors (Lipinski definition) is 1. The van der Waals surface area contributed by atoms with Crippen LogP contribution in [0.25, 0.3) is 0 Å². The minimum atomic E-state index is -0.945. The number of carbonyl (C=O) groups is 3. The van der Waals surface area contributed by atoms with Crippen LogP contribution < -0.4 is 0 Å². The Bertz CT molecular complexity index is 402. The van der Waals surface area contributed by atoms with Crippen LogP contribution in [-0.4, -0.2) is 58.4 Å². The predicted molar refractivity (Wildman–Crippen MR) is 76.7 cm³/mol. The molecule has 0 radical (unpaired) electrons. The molecule has 21 heavy (non-hydrogen) atoms.